The zero-order valence-electron chi connectivity index (χ0n) is 38.7. The Balaban J connectivity index is 0.000000174. The van der Waals surface area contributed by atoms with E-state index in [2.05, 4.69) is 83.7 Å². The van der Waals surface area contributed by atoms with Crippen LogP contribution in [-0.2, 0) is 24.4 Å². The van der Waals surface area contributed by atoms with E-state index in [9.17, 15) is 4.39 Å². The molecule has 8 aromatic rings. The molecule has 0 aliphatic carbocycles. The van der Waals surface area contributed by atoms with E-state index < -0.39 is 6.17 Å². The molecule has 364 valence electrons. The molecular formula is C49H54ClFN14O5. The number of halogens is 2. The summed E-state index contributed by atoms with van der Waals surface area (Å²) in [5.41, 5.74) is 5.58. The zero-order valence-corrected chi connectivity index (χ0v) is 39.4. The van der Waals surface area contributed by atoms with Gasteiger partial charge in [0.2, 0.25) is 11.8 Å². The number of alkyl halides is 1. The molecule has 0 atom stereocenters. The van der Waals surface area contributed by atoms with Crippen molar-refractivity contribution in [2.45, 2.75) is 45.6 Å². The molecule has 70 heavy (non-hydrogen) atoms. The minimum absolute atomic E-state index is 0.321. The number of likely N-dealkylation sites (tertiary alicyclic amines) is 1. The van der Waals surface area contributed by atoms with Crippen molar-refractivity contribution in [2.24, 2.45) is 0 Å². The fourth-order valence-electron chi connectivity index (χ4n) is 7.87. The highest BCUT2D eigenvalue weighted by Gasteiger charge is 2.21. The maximum atomic E-state index is 13.3. The largest absolute Gasteiger partial charge is 0.487 e. The SMILES string of the molecule is CCc1cc(Nc2ncnc3[nH]nc(OCCN4CCOCC4)c23)ccc1OCc1ccccn1.FC1CCN(CCOc2n[nH]c3ncnc(Nc4ccc(OCc5ccccn5)c(Cl)c4)c23)CC1. The number of fused-ring (bicyclic) bond motifs is 2. The van der Waals surface area contributed by atoms with Crippen LogP contribution in [0, 0.1) is 0 Å². The lowest BCUT2D eigenvalue weighted by Crippen LogP contribution is -2.38. The number of nitrogens with zero attached hydrogens (tertiary/aromatic N) is 10. The predicted octanol–water partition coefficient (Wildman–Crippen LogP) is 7.88. The maximum Gasteiger partial charge on any atom is 0.246 e. The molecule has 4 N–H and O–H groups in total. The van der Waals surface area contributed by atoms with Gasteiger partial charge in [-0.25, -0.2) is 24.3 Å². The van der Waals surface area contributed by atoms with Crippen molar-refractivity contribution in [1.82, 2.24) is 60.1 Å². The lowest BCUT2D eigenvalue weighted by Gasteiger charge is -2.28. The van der Waals surface area contributed by atoms with Gasteiger partial charge in [-0.3, -0.25) is 30.0 Å². The summed E-state index contributed by atoms with van der Waals surface area (Å²) in [6, 6.07) is 22.9. The maximum absolute atomic E-state index is 13.3. The van der Waals surface area contributed by atoms with Crippen LogP contribution in [0.25, 0.3) is 22.1 Å². The van der Waals surface area contributed by atoms with E-state index in [0.29, 0.717) is 96.7 Å². The number of benzene rings is 2. The Bertz CT molecular complexity index is 2900. The van der Waals surface area contributed by atoms with E-state index in [1.54, 1.807) is 24.5 Å². The Morgan fingerprint density at radius 1 is 0.657 bits per heavy atom. The van der Waals surface area contributed by atoms with Crippen LogP contribution in [0.3, 0.4) is 0 Å². The fourth-order valence-corrected chi connectivity index (χ4v) is 8.11. The minimum atomic E-state index is -0.691. The second-order valence-corrected chi connectivity index (χ2v) is 16.8. The van der Waals surface area contributed by atoms with Crippen LogP contribution in [0.2, 0.25) is 5.02 Å². The van der Waals surface area contributed by atoms with Crippen molar-refractivity contribution >= 4 is 56.7 Å². The van der Waals surface area contributed by atoms with Gasteiger partial charge in [0.15, 0.2) is 11.3 Å². The number of aromatic amines is 2. The number of hydrogen-bond acceptors (Lipinski definition) is 17. The third kappa shape index (κ3) is 12.7. The number of morpholine rings is 1. The number of aromatic nitrogens is 10. The van der Waals surface area contributed by atoms with E-state index in [4.69, 9.17) is 35.3 Å². The summed E-state index contributed by atoms with van der Waals surface area (Å²) in [7, 11) is 0. The predicted molar refractivity (Wildman–Crippen MR) is 263 cm³/mol. The highest BCUT2D eigenvalue weighted by Crippen LogP contribution is 2.34. The van der Waals surface area contributed by atoms with Crippen molar-refractivity contribution in [3.05, 3.63) is 120 Å². The first-order chi connectivity index (χ1) is 34.5. The van der Waals surface area contributed by atoms with Crippen LogP contribution in [0.15, 0.2) is 97.8 Å². The molecule has 0 spiro atoms. The van der Waals surface area contributed by atoms with Crippen molar-refractivity contribution in [3.63, 3.8) is 0 Å². The topological polar surface area (TPSA) is 211 Å². The molecule has 0 unspecified atom stereocenters. The summed E-state index contributed by atoms with van der Waals surface area (Å²) >= 11 is 6.45. The molecule has 2 aliphatic heterocycles. The number of piperidine rings is 1. The van der Waals surface area contributed by atoms with Crippen molar-refractivity contribution in [1.29, 1.82) is 0 Å². The number of ether oxygens (including phenoxy) is 5. The minimum Gasteiger partial charge on any atom is -0.487 e. The highest BCUT2D eigenvalue weighted by atomic mass is 35.5. The molecule has 8 heterocycles. The van der Waals surface area contributed by atoms with Crippen molar-refractivity contribution in [3.8, 4) is 23.3 Å². The second-order valence-electron chi connectivity index (χ2n) is 16.4. The molecule has 21 heteroatoms. The number of H-pyrrole nitrogens is 2. The Labute approximate surface area is 408 Å². The van der Waals surface area contributed by atoms with Gasteiger partial charge in [0.05, 0.1) is 29.6 Å². The average molecular weight is 974 g/mol. The first kappa shape index (κ1) is 47.8. The van der Waals surface area contributed by atoms with Gasteiger partial charge in [0.1, 0.15) is 79.2 Å². The Kier molecular flexibility index (Phi) is 16.3. The van der Waals surface area contributed by atoms with E-state index in [0.717, 1.165) is 91.8 Å². The molecule has 2 saturated heterocycles. The molecule has 0 amide bonds. The Morgan fingerprint density at radius 3 is 1.74 bits per heavy atom. The van der Waals surface area contributed by atoms with E-state index in [1.807, 2.05) is 54.6 Å². The van der Waals surface area contributed by atoms with Gasteiger partial charge in [0.25, 0.3) is 0 Å². The molecule has 6 aromatic heterocycles. The first-order valence-electron chi connectivity index (χ1n) is 23.3. The van der Waals surface area contributed by atoms with E-state index >= 15 is 0 Å². The number of pyridine rings is 2. The second kappa shape index (κ2) is 23.8. The molecule has 0 radical (unpaired) electrons. The molecule has 0 bridgehead atoms. The highest BCUT2D eigenvalue weighted by molar-refractivity contribution is 6.32. The molecule has 2 aliphatic rings. The number of aryl methyl sites for hydroxylation is 1. The van der Waals surface area contributed by atoms with Crippen molar-refractivity contribution < 1.29 is 28.1 Å². The summed E-state index contributed by atoms with van der Waals surface area (Å²) < 4.78 is 42.5. The normalized spacial score (nSPS) is 14.5. The number of hydrogen-bond donors (Lipinski definition) is 4. The number of rotatable bonds is 19. The van der Waals surface area contributed by atoms with Crippen LogP contribution in [0.4, 0.5) is 27.4 Å². The fraction of sp³-hybridized carbons (Fsp3) is 0.347. The van der Waals surface area contributed by atoms with Crippen LogP contribution < -0.4 is 29.6 Å². The van der Waals surface area contributed by atoms with Crippen molar-refractivity contribution in [2.75, 3.05) is 76.3 Å². The standard InChI is InChI=1S/C25H29N7O3.C24H25ClFN7O2/c1-2-18-15-19(6-7-21(18)35-16-20-5-3-4-8-26-20)29-23-22-24(28-17-27-23)30-31-25(22)34-14-11-32-9-12-33-13-10-32;25-19-13-17(4-5-20(19)35-14-18-3-1-2-8-27-18)30-22-21-23(29-15-28-22)31-32-24(21)34-12-11-33-9-6-16(26)7-10-33/h3-8,15,17H,2,9-14,16H2,1H3,(H2,27,28,29,30,31);1-5,8,13,15-16H,6-7,9-12,14H2,(H2,28,29,30,31,32). The molecule has 2 aromatic carbocycles. The van der Waals surface area contributed by atoms with Crippen LogP contribution in [-0.4, -0.2) is 132 Å². The quantitative estimate of drug-likeness (QED) is 0.0607. The first-order valence-corrected chi connectivity index (χ1v) is 23.7. The van der Waals surface area contributed by atoms with Gasteiger partial charge in [-0.1, -0.05) is 30.7 Å². The molecular weight excluding hydrogens is 919 g/mol. The van der Waals surface area contributed by atoms with Gasteiger partial charge in [-0.2, -0.15) is 0 Å². The van der Waals surface area contributed by atoms with Gasteiger partial charge in [-0.15, -0.1) is 10.2 Å². The van der Waals surface area contributed by atoms with E-state index in [-0.39, 0.29) is 0 Å². The summed E-state index contributed by atoms with van der Waals surface area (Å²) in [4.78, 5) is 30.5. The van der Waals surface area contributed by atoms with Crippen LogP contribution in [0.5, 0.6) is 23.3 Å². The van der Waals surface area contributed by atoms with Gasteiger partial charge < -0.3 is 34.3 Å². The van der Waals surface area contributed by atoms with Crippen LogP contribution >= 0.6 is 11.6 Å². The molecule has 19 nitrogen and oxygen atoms in total. The summed E-state index contributed by atoms with van der Waals surface area (Å²) in [5.74, 6) is 3.46. The van der Waals surface area contributed by atoms with Gasteiger partial charge in [-0.05, 0) is 85.5 Å². The molecule has 2 fully saturated rings. The lowest BCUT2D eigenvalue weighted by molar-refractivity contribution is 0.0321. The monoisotopic (exact) mass is 972 g/mol. The number of nitrogens with one attached hydrogen (secondary N) is 4. The Morgan fingerprint density at radius 2 is 1.20 bits per heavy atom. The van der Waals surface area contributed by atoms with Gasteiger partial charge in [0, 0.05) is 63.0 Å². The van der Waals surface area contributed by atoms with E-state index in [1.165, 1.54) is 12.7 Å². The van der Waals surface area contributed by atoms with Gasteiger partial charge >= 0.3 is 0 Å². The zero-order chi connectivity index (χ0) is 47.9. The molecule has 0 saturated carbocycles. The summed E-state index contributed by atoms with van der Waals surface area (Å²) in [5, 5.41) is 22.9. The summed E-state index contributed by atoms with van der Waals surface area (Å²) in [6.07, 6.45) is 7.72. The average Bonchev–Trinajstić information content (AvgIpc) is 4.02. The summed E-state index contributed by atoms with van der Waals surface area (Å²) in [6.45, 7) is 10.2. The lowest BCUT2D eigenvalue weighted by atomic mass is 10.1. The Hall–Kier alpha value is -7.26. The van der Waals surface area contributed by atoms with Crippen LogP contribution in [0.1, 0.15) is 36.7 Å². The number of anilines is 4. The third-order valence-corrected chi connectivity index (χ3v) is 12.0. The molecule has 10 rings (SSSR count). The smallest absolute Gasteiger partial charge is 0.246 e. The third-order valence-electron chi connectivity index (χ3n) is 11.7.